The number of aryl methyl sites for hydroxylation is 1. The second-order valence-electron chi connectivity index (χ2n) is 5.06. The topological polar surface area (TPSA) is 52.6 Å². The highest BCUT2D eigenvalue weighted by molar-refractivity contribution is 9.10. The normalized spacial score (nSPS) is 11.2. The molecule has 0 aromatic heterocycles. The number of nitrogens with one attached hydrogen (secondary N) is 1. The highest BCUT2D eigenvalue weighted by Gasteiger charge is 2.19. The summed E-state index contributed by atoms with van der Waals surface area (Å²) in [6.45, 7) is 5.53. The number of aliphatic hydroxyl groups is 1. The number of benzene rings is 1. The Morgan fingerprint density at radius 2 is 2.11 bits per heavy atom. The van der Waals surface area contributed by atoms with E-state index >= 15 is 0 Å². The molecule has 2 amide bonds. The van der Waals surface area contributed by atoms with Gasteiger partial charge in [0.1, 0.15) is 0 Å². The van der Waals surface area contributed by atoms with Gasteiger partial charge in [0, 0.05) is 17.2 Å². The monoisotopic (exact) mass is 314 g/mol. The minimum Gasteiger partial charge on any atom is -0.389 e. The molecule has 0 bridgehead atoms. The summed E-state index contributed by atoms with van der Waals surface area (Å²) in [5, 5.41) is 12.5. The molecule has 0 atom stereocenters. The molecule has 0 aliphatic rings. The van der Waals surface area contributed by atoms with Crippen molar-refractivity contribution in [3.05, 3.63) is 28.2 Å². The van der Waals surface area contributed by atoms with Crippen molar-refractivity contribution in [2.75, 3.05) is 18.9 Å². The molecule has 0 saturated carbocycles. The molecule has 100 valence electrons. The molecule has 0 aliphatic carbocycles. The number of nitrogens with zero attached hydrogens (tertiary/aromatic N) is 1. The summed E-state index contributed by atoms with van der Waals surface area (Å²) >= 11 is 3.37. The minimum absolute atomic E-state index is 0.238. The van der Waals surface area contributed by atoms with Crippen LogP contribution < -0.4 is 5.32 Å². The molecule has 4 nitrogen and oxygen atoms in total. The molecule has 2 N–H and O–H groups in total. The minimum atomic E-state index is -0.904. The summed E-state index contributed by atoms with van der Waals surface area (Å²) in [5.41, 5.74) is 0.846. The van der Waals surface area contributed by atoms with E-state index in [1.165, 1.54) is 4.90 Å². The van der Waals surface area contributed by atoms with Gasteiger partial charge in [-0.2, -0.15) is 0 Å². The van der Waals surface area contributed by atoms with E-state index in [0.717, 1.165) is 15.7 Å². The van der Waals surface area contributed by atoms with E-state index in [2.05, 4.69) is 21.2 Å². The second kappa shape index (κ2) is 5.71. The van der Waals surface area contributed by atoms with Crippen LogP contribution in [0.4, 0.5) is 10.5 Å². The van der Waals surface area contributed by atoms with Crippen LogP contribution >= 0.6 is 15.9 Å². The number of anilines is 1. The molecule has 0 spiro atoms. The molecule has 5 heteroatoms. The summed E-state index contributed by atoms with van der Waals surface area (Å²) in [5.74, 6) is 0. The first-order chi connectivity index (χ1) is 8.19. The van der Waals surface area contributed by atoms with Gasteiger partial charge < -0.3 is 15.3 Å². The molecule has 0 heterocycles. The third-order valence-corrected chi connectivity index (χ3v) is 2.91. The summed E-state index contributed by atoms with van der Waals surface area (Å²) in [4.78, 5) is 13.4. The predicted molar refractivity (Wildman–Crippen MR) is 76.8 cm³/mol. The number of hydrogen-bond acceptors (Lipinski definition) is 2. The van der Waals surface area contributed by atoms with Crippen molar-refractivity contribution in [2.45, 2.75) is 26.4 Å². The first kappa shape index (κ1) is 15.0. The van der Waals surface area contributed by atoms with Gasteiger partial charge in [0.05, 0.1) is 12.1 Å². The summed E-state index contributed by atoms with van der Waals surface area (Å²) in [6.07, 6.45) is 0. The molecule has 0 saturated heterocycles. The largest absolute Gasteiger partial charge is 0.389 e. The summed E-state index contributed by atoms with van der Waals surface area (Å²) in [6, 6.07) is 5.46. The van der Waals surface area contributed by atoms with E-state index in [-0.39, 0.29) is 12.6 Å². The lowest BCUT2D eigenvalue weighted by Crippen LogP contribution is -2.41. The Labute approximate surface area is 116 Å². The molecule has 0 unspecified atom stereocenters. The Morgan fingerprint density at radius 3 is 2.67 bits per heavy atom. The van der Waals surface area contributed by atoms with Gasteiger partial charge in [-0.15, -0.1) is 0 Å². The molecule has 0 radical (unpaired) electrons. The zero-order valence-electron chi connectivity index (χ0n) is 11.1. The van der Waals surface area contributed by atoms with E-state index < -0.39 is 5.60 Å². The van der Waals surface area contributed by atoms with Crippen LogP contribution in [0.5, 0.6) is 0 Å². The zero-order chi connectivity index (χ0) is 13.9. The molecule has 1 rings (SSSR count). The number of rotatable bonds is 3. The van der Waals surface area contributed by atoms with Crippen molar-refractivity contribution >= 4 is 27.6 Å². The number of carbonyl (C=O) groups is 1. The number of urea groups is 1. The van der Waals surface area contributed by atoms with E-state index in [0.29, 0.717) is 0 Å². The third-order valence-electron chi connectivity index (χ3n) is 2.41. The number of hydrogen-bond donors (Lipinski definition) is 2. The van der Waals surface area contributed by atoms with Gasteiger partial charge in [-0.05, 0) is 38.5 Å². The lowest BCUT2D eigenvalue weighted by atomic mass is 10.1. The van der Waals surface area contributed by atoms with Crippen molar-refractivity contribution in [1.29, 1.82) is 0 Å². The first-order valence-corrected chi connectivity index (χ1v) is 6.49. The SMILES string of the molecule is Cc1ccc(Br)cc1NC(=O)N(C)CC(C)(C)O. The van der Waals surface area contributed by atoms with Crippen LogP contribution in [-0.4, -0.2) is 35.2 Å². The predicted octanol–water partition coefficient (Wildman–Crippen LogP) is 2.99. The van der Waals surface area contributed by atoms with Crippen molar-refractivity contribution in [3.8, 4) is 0 Å². The quantitative estimate of drug-likeness (QED) is 0.901. The lowest BCUT2D eigenvalue weighted by Gasteiger charge is -2.26. The second-order valence-corrected chi connectivity index (χ2v) is 5.97. The van der Waals surface area contributed by atoms with E-state index in [4.69, 9.17) is 0 Å². The standard InChI is InChI=1S/C13H19BrN2O2/c1-9-5-6-10(14)7-11(9)15-12(17)16(4)8-13(2,3)18/h5-7,18H,8H2,1-4H3,(H,15,17). The van der Waals surface area contributed by atoms with E-state index in [9.17, 15) is 9.90 Å². The van der Waals surface area contributed by atoms with Crippen LogP contribution in [-0.2, 0) is 0 Å². The fourth-order valence-electron chi connectivity index (χ4n) is 1.59. The number of amides is 2. The van der Waals surface area contributed by atoms with Gasteiger partial charge in [-0.3, -0.25) is 0 Å². The zero-order valence-corrected chi connectivity index (χ0v) is 12.7. The Balaban J connectivity index is 2.72. The van der Waals surface area contributed by atoms with Gasteiger partial charge in [0.25, 0.3) is 0 Å². The molecule has 1 aromatic rings. The van der Waals surface area contributed by atoms with Crippen LogP contribution in [0, 0.1) is 6.92 Å². The third kappa shape index (κ3) is 4.66. The van der Waals surface area contributed by atoms with Crippen molar-refractivity contribution in [1.82, 2.24) is 4.90 Å². The molecular formula is C13H19BrN2O2. The van der Waals surface area contributed by atoms with E-state index in [1.54, 1.807) is 20.9 Å². The molecule has 18 heavy (non-hydrogen) atoms. The molecular weight excluding hydrogens is 296 g/mol. The van der Waals surface area contributed by atoms with Gasteiger partial charge in [0.15, 0.2) is 0 Å². The summed E-state index contributed by atoms with van der Waals surface area (Å²) < 4.78 is 0.911. The van der Waals surface area contributed by atoms with Crippen LogP contribution in [0.15, 0.2) is 22.7 Å². The average Bonchev–Trinajstić information content (AvgIpc) is 2.21. The lowest BCUT2D eigenvalue weighted by molar-refractivity contribution is 0.0550. The first-order valence-electron chi connectivity index (χ1n) is 5.70. The fourth-order valence-corrected chi connectivity index (χ4v) is 1.95. The Bertz CT molecular complexity index is 441. The maximum absolute atomic E-state index is 11.9. The van der Waals surface area contributed by atoms with Gasteiger partial charge in [-0.1, -0.05) is 22.0 Å². The number of likely N-dealkylation sites (N-methyl/N-ethyl adjacent to an activating group) is 1. The summed E-state index contributed by atoms with van der Waals surface area (Å²) in [7, 11) is 1.65. The maximum atomic E-state index is 11.9. The Kier molecular flexibility index (Phi) is 4.76. The fraction of sp³-hybridized carbons (Fsp3) is 0.462. The molecule has 0 fully saturated rings. The van der Waals surface area contributed by atoms with Gasteiger partial charge in [-0.25, -0.2) is 4.79 Å². The average molecular weight is 315 g/mol. The molecule has 0 aliphatic heterocycles. The smallest absolute Gasteiger partial charge is 0.321 e. The highest BCUT2D eigenvalue weighted by Crippen LogP contribution is 2.21. The van der Waals surface area contributed by atoms with Crippen LogP contribution in [0.2, 0.25) is 0 Å². The van der Waals surface area contributed by atoms with Crippen molar-refractivity contribution in [2.24, 2.45) is 0 Å². The van der Waals surface area contributed by atoms with Crippen molar-refractivity contribution < 1.29 is 9.90 Å². The van der Waals surface area contributed by atoms with Crippen LogP contribution in [0.1, 0.15) is 19.4 Å². The molecule has 1 aromatic carbocycles. The van der Waals surface area contributed by atoms with Gasteiger partial charge in [0.2, 0.25) is 0 Å². The number of carbonyl (C=O) groups excluding carboxylic acids is 1. The Morgan fingerprint density at radius 1 is 1.50 bits per heavy atom. The maximum Gasteiger partial charge on any atom is 0.321 e. The van der Waals surface area contributed by atoms with Crippen LogP contribution in [0.3, 0.4) is 0 Å². The van der Waals surface area contributed by atoms with E-state index in [1.807, 2.05) is 25.1 Å². The Hall–Kier alpha value is -1.07. The van der Waals surface area contributed by atoms with Crippen LogP contribution in [0.25, 0.3) is 0 Å². The number of halogens is 1. The highest BCUT2D eigenvalue weighted by atomic mass is 79.9. The van der Waals surface area contributed by atoms with Crippen molar-refractivity contribution in [3.63, 3.8) is 0 Å². The van der Waals surface area contributed by atoms with Gasteiger partial charge >= 0.3 is 6.03 Å².